The van der Waals surface area contributed by atoms with Crippen LogP contribution < -0.4 is 5.56 Å². The van der Waals surface area contributed by atoms with Gasteiger partial charge in [-0.25, -0.2) is 0 Å². The van der Waals surface area contributed by atoms with E-state index in [0.29, 0.717) is 18.5 Å². The molecule has 0 bridgehead atoms. The number of hydrogen-bond acceptors (Lipinski definition) is 4. The van der Waals surface area contributed by atoms with Gasteiger partial charge in [-0.15, -0.1) is 0 Å². The summed E-state index contributed by atoms with van der Waals surface area (Å²) < 4.78 is 17.1. The lowest BCUT2D eigenvalue weighted by atomic mass is 10.0. The summed E-state index contributed by atoms with van der Waals surface area (Å²) in [7, 11) is -2.79. The van der Waals surface area contributed by atoms with Gasteiger partial charge in [-0.3, -0.25) is 9.36 Å². The van der Waals surface area contributed by atoms with Crippen LogP contribution in [0, 0.1) is 0 Å². The average molecular weight is 257 g/mol. The molecule has 0 aromatic carbocycles. The Kier molecular flexibility index (Phi) is 4.85. The van der Waals surface area contributed by atoms with E-state index in [-0.39, 0.29) is 11.7 Å². The summed E-state index contributed by atoms with van der Waals surface area (Å²) in [6.45, 7) is 3.59. The van der Waals surface area contributed by atoms with Gasteiger partial charge in [0, 0.05) is 31.0 Å². The molecule has 0 fully saturated rings. The number of hydrogen-bond donors (Lipinski definition) is 1. The van der Waals surface area contributed by atoms with E-state index in [0.717, 1.165) is 0 Å². The number of aldehydes is 1. The summed E-state index contributed by atoms with van der Waals surface area (Å²) in [6.07, 6.45) is 2.28. The molecule has 0 spiro atoms. The lowest BCUT2D eigenvalue weighted by Gasteiger charge is -2.16. The Hall–Kier alpha value is -1.19. The van der Waals surface area contributed by atoms with Crippen molar-refractivity contribution in [1.82, 2.24) is 4.98 Å². The van der Waals surface area contributed by atoms with Gasteiger partial charge in [-0.1, -0.05) is 0 Å². The predicted molar refractivity (Wildman–Crippen MR) is 65.9 cm³/mol. The van der Waals surface area contributed by atoms with Crippen LogP contribution in [0.3, 0.4) is 0 Å². The minimum Gasteiger partial charge on any atom is -0.329 e. The third-order valence-corrected chi connectivity index (χ3v) is 4.18. The van der Waals surface area contributed by atoms with Gasteiger partial charge in [0.2, 0.25) is 12.9 Å². The summed E-state index contributed by atoms with van der Waals surface area (Å²) in [5.74, 6) is -0.570. The van der Waals surface area contributed by atoms with Crippen LogP contribution in [0.15, 0.2) is 23.1 Å². The maximum absolute atomic E-state index is 12.0. The van der Waals surface area contributed by atoms with Gasteiger partial charge in [0.15, 0.2) is 0 Å². The van der Waals surface area contributed by atoms with Gasteiger partial charge in [-0.05, 0) is 18.6 Å². The number of H-pyrrole nitrogens is 1. The van der Waals surface area contributed by atoms with Gasteiger partial charge in [0.25, 0.3) is 0 Å². The molecule has 6 heteroatoms. The van der Waals surface area contributed by atoms with Crippen molar-refractivity contribution < 1.29 is 13.9 Å². The molecule has 94 valence electrons. The fourth-order valence-corrected chi connectivity index (χ4v) is 3.26. The Balaban J connectivity index is 2.90. The average Bonchev–Trinajstić information content (AvgIpc) is 2.26. The Bertz CT molecular complexity index is 482. The molecule has 17 heavy (non-hydrogen) atoms. The number of carbonyl (C=O) groups is 1. The smallest absolute Gasteiger partial charge is 0.248 e. The first-order valence-corrected chi connectivity index (χ1v) is 7.59. The van der Waals surface area contributed by atoms with Gasteiger partial charge < -0.3 is 14.3 Å². The van der Waals surface area contributed by atoms with E-state index >= 15 is 0 Å². The van der Waals surface area contributed by atoms with Crippen molar-refractivity contribution in [3.8, 4) is 0 Å². The highest BCUT2D eigenvalue weighted by Crippen LogP contribution is 2.45. The highest BCUT2D eigenvalue weighted by atomic mass is 31.2. The number of aromatic nitrogens is 1. The van der Waals surface area contributed by atoms with E-state index in [1.165, 1.54) is 18.9 Å². The molecule has 0 saturated heterocycles. The first-order valence-electron chi connectivity index (χ1n) is 5.33. The molecule has 2 atom stereocenters. The third-order valence-electron chi connectivity index (χ3n) is 2.32. The summed E-state index contributed by atoms with van der Waals surface area (Å²) in [6, 6.07) is 2.97. The second kappa shape index (κ2) is 5.94. The van der Waals surface area contributed by atoms with E-state index in [4.69, 9.17) is 4.52 Å². The van der Waals surface area contributed by atoms with Crippen LogP contribution in [0.1, 0.15) is 18.4 Å². The number of rotatable bonds is 6. The molecule has 0 aliphatic heterocycles. The van der Waals surface area contributed by atoms with E-state index in [9.17, 15) is 14.2 Å². The first-order chi connectivity index (χ1) is 7.98. The second-order valence-electron chi connectivity index (χ2n) is 3.84. The Morgan fingerprint density at radius 2 is 2.29 bits per heavy atom. The van der Waals surface area contributed by atoms with Crippen LogP contribution in [-0.4, -0.2) is 30.7 Å². The molecule has 0 amide bonds. The van der Waals surface area contributed by atoms with E-state index in [2.05, 4.69) is 4.98 Å². The van der Waals surface area contributed by atoms with Crippen LogP contribution in [-0.2, 0) is 13.9 Å². The number of nitrogens with one attached hydrogen (secondary N) is 1. The molecule has 1 rings (SSSR count). The Morgan fingerprint density at radius 3 is 2.82 bits per heavy atom. The monoisotopic (exact) mass is 257 g/mol. The molecular weight excluding hydrogens is 241 g/mol. The van der Waals surface area contributed by atoms with Crippen molar-refractivity contribution in [1.29, 1.82) is 0 Å². The third kappa shape index (κ3) is 4.29. The fourth-order valence-electron chi connectivity index (χ4n) is 1.60. The van der Waals surface area contributed by atoms with Crippen LogP contribution >= 0.6 is 7.37 Å². The molecule has 0 saturated carbocycles. The topological polar surface area (TPSA) is 76.2 Å². The Morgan fingerprint density at radius 1 is 1.59 bits per heavy atom. The lowest BCUT2D eigenvalue weighted by Crippen LogP contribution is -2.12. The summed E-state index contributed by atoms with van der Waals surface area (Å²) in [5, 5.41) is 0. The largest absolute Gasteiger partial charge is 0.329 e. The van der Waals surface area contributed by atoms with Gasteiger partial charge in [0.05, 0.1) is 6.61 Å². The van der Waals surface area contributed by atoms with Crippen molar-refractivity contribution in [3.63, 3.8) is 0 Å². The Labute approximate surface area is 99.7 Å². The predicted octanol–water partition coefficient (Wildman–Crippen LogP) is 1.60. The quantitative estimate of drug-likeness (QED) is 0.620. The normalized spacial score (nSPS) is 16.1. The number of carbonyl (C=O) groups excluding carboxylic acids is 1. The van der Waals surface area contributed by atoms with Crippen LogP contribution in [0.5, 0.6) is 0 Å². The van der Waals surface area contributed by atoms with Crippen molar-refractivity contribution in [2.45, 2.75) is 12.8 Å². The summed E-state index contributed by atoms with van der Waals surface area (Å²) >= 11 is 0. The molecule has 0 radical (unpaired) electrons. The molecule has 0 aliphatic carbocycles. The molecule has 1 heterocycles. The molecule has 1 unspecified atom stereocenters. The van der Waals surface area contributed by atoms with Crippen molar-refractivity contribution in [3.05, 3.63) is 34.2 Å². The van der Waals surface area contributed by atoms with Crippen LogP contribution in [0.2, 0.25) is 0 Å². The lowest BCUT2D eigenvalue weighted by molar-refractivity contribution is -0.108. The zero-order chi connectivity index (χ0) is 12.9. The summed E-state index contributed by atoms with van der Waals surface area (Å²) in [5.41, 5.74) is 0.280. The molecular formula is C11H16NO4P. The van der Waals surface area contributed by atoms with Gasteiger partial charge in [-0.2, -0.15) is 0 Å². The molecule has 1 aromatic rings. The highest BCUT2D eigenvalue weighted by molar-refractivity contribution is 7.58. The highest BCUT2D eigenvalue weighted by Gasteiger charge is 2.23. The number of aromatic amines is 1. The van der Waals surface area contributed by atoms with Crippen molar-refractivity contribution >= 4 is 13.7 Å². The zero-order valence-electron chi connectivity index (χ0n) is 9.88. The van der Waals surface area contributed by atoms with Crippen molar-refractivity contribution in [2.24, 2.45) is 0 Å². The molecule has 0 aliphatic rings. The van der Waals surface area contributed by atoms with Gasteiger partial charge >= 0.3 is 0 Å². The maximum atomic E-state index is 12.0. The summed E-state index contributed by atoms with van der Waals surface area (Å²) in [4.78, 5) is 24.6. The van der Waals surface area contributed by atoms with E-state index in [1.54, 1.807) is 13.0 Å². The second-order valence-corrected chi connectivity index (χ2v) is 6.49. The molecule has 5 nitrogen and oxygen atoms in total. The SMILES string of the molecule is CCOP(C)(=O)C[C@@H](C=O)c1cc[nH]c(=O)c1. The minimum absolute atomic E-state index is 0.119. The van der Waals surface area contributed by atoms with Crippen molar-refractivity contribution in [2.75, 3.05) is 19.4 Å². The zero-order valence-corrected chi connectivity index (χ0v) is 10.8. The fraction of sp³-hybridized carbons (Fsp3) is 0.455. The molecule has 1 aromatic heterocycles. The van der Waals surface area contributed by atoms with E-state index < -0.39 is 13.3 Å². The standard InChI is InChI=1S/C11H16NO4P/c1-3-16-17(2,15)8-10(7-13)9-4-5-12-11(14)6-9/h4-7,10H,3,8H2,1-2H3,(H,12,14)/t10-,17?/m1/s1. The molecule has 1 N–H and O–H groups in total. The van der Waals surface area contributed by atoms with E-state index in [1.807, 2.05) is 0 Å². The van der Waals surface area contributed by atoms with Crippen LogP contribution in [0.4, 0.5) is 0 Å². The first kappa shape index (κ1) is 13.9. The number of pyridine rings is 1. The minimum atomic E-state index is -2.79. The van der Waals surface area contributed by atoms with Gasteiger partial charge in [0.1, 0.15) is 6.29 Å². The van der Waals surface area contributed by atoms with Crippen LogP contribution in [0.25, 0.3) is 0 Å². The maximum Gasteiger partial charge on any atom is 0.248 e.